The molecule has 4 nitrogen and oxygen atoms in total. The van der Waals surface area contributed by atoms with Crippen molar-refractivity contribution in [1.82, 2.24) is 0 Å². The van der Waals surface area contributed by atoms with Crippen molar-refractivity contribution in [3.8, 4) is 0 Å². The van der Waals surface area contributed by atoms with Crippen molar-refractivity contribution < 1.29 is 9.53 Å². The first-order valence-corrected chi connectivity index (χ1v) is 3.54. The van der Waals surface area contributed by atoms with E-state index in [1.165, 1.54) is 7.11 Å². The second-order valence-corrected chi connectivity index (χ2v) is 3.03. The zero-order valence-corrected chi connectivity index (χ0v) is 6.70. The third kappa shape index (κ3) is 3.34. The van der Waals surface area contributed by atoms with Crippen LogP contribution in [0.1, 0.15) is 6.92 Å². The number of hydrogen-bond acceptors (Lipinski definition) is 4. The summed E-state index contributed by atoms with van der Waals surface area (Å²) >= 11 is 0.974. The van der Waals surface area contributed by atoms with Gasteiger partial charge in [0.1, 0.15) is 5.25 Å². The summed E-state index contributed by atoms with van der Waals surface area (Å²) < 4.78 is 4.40. The predicted molar refractivity (Wildman–Crippen MR) is 41.0 cm³/mol. The van der Waals surface area contributed by atoms with Gasteiger partial charge in [0.2, 0.25) is 0 Å². The number of esters is 1. The molecule has 0 aliphatic rings. The molecule has 0 heterocycles. The molecule has 0 aromatic rings. The maximum atomic E-state index is 10.7. The van der Waals surface area contributed by atoms with E-state index in [2.05, 4.69) is 4.74 Å². The number of ether oxygens (including phenoxy) is 1. The van der Waals surface area contributed by atoms with Gasteiger partial charge >= 0.3 is 5.97 Å². The van der Waals surface area contributed by atoms with E-state index in [1.807, 2.05) is 0 Å². The van der Waals surface area contributed by atoms with Crippen LogP contribution >= 0.6 is 11.8 Å². The van der Waals surface area contributed by atoms with E-state index in [9.17, 15) is 4.79 Å². The number of thioether (sulfide) groups is 1. The summed E-state index contributed by atoms with van der Waals surface area (Å²) in [5.41, 5.74) is 5.02. The molecule has 0 saturated carbocycles. The van der Waals surface area contributed by atoms with Crippen molar-refractivity contribution in [1.29, 1.82) is 5.41 Å². The van der Waals surface area contributed by atoms with Crippen LogP contribution in [-0.2, 0) is 9.53 Å². The van der Waals surface area contributed by atoms with Crippen molar-refractivity contribution in [3.05, 3.63) is 0 Å². The van der Waals surface area contributed by atoms with E-state index in [4.69, 9.17) is 11.1 Å². The molecule has 0 aromatic carbocycles. The monoisotopic (exact) mass is 162 g/mol. The summed E-state index contributed by atoms with van der Waals surface area (Å²) in [5.74, 6) is -0.361. The van der Waals surface area contributed by atoms with Gasteiger partial charge in [0.25, 0.3) is 0 Å². The zero-order chi connectivity index (χ0) is 8.15. The first kappa shape index (κ1) is 9.29. The summed E-state index contributed by atoms with van der Waals surface area (Å²) in [5, 5.41) is 6.37. The number of rotatable bonds is 2. The first-order chi connectivity index (χ1) is 4.57. The van der Waals surface area contributed by atoms with Crippen molar-refractivity contribution >= 4 is 22.9 Å². The highest BCUT2D eigenvalue weighted by Crippen LogP contribution is 2.09. The van der Waals surface area contributed by atoms with E-state index >= 15 is 0 Å². The van der Waals surface area contributed by atoms with Crippen LogP contribution in [0, 0.1) is 5.41 Å². The van der Waals surface area contributed by atoms with E-state index < -0.39 is 0 Å². The SMILES string of the molecule is COC(=O)C(C)SC(=N)N. The van der Waals surface area contributed by atoms with Gasteiger partial charge in [-0.15, -0.1) is 0 Å². The smallest absolute Gasteiger partial charge is 0.318 e. The lowest BCUT2D eigenvalue weighted by atomic mass is 10.5. The zero-order valence-electron chi connectivity index (χ0n) is 5.88. The quantitative estimate of drug-likeness (QED) is 0.345. The summed E-state index contributed by atoms with van der Waals surface area (Å²) in [4.78, 5) is 10.7. The largest absolute Gasteiger partial charge is 0.468 e. The lowest BCUT2D eigenvalue weighted by Crippen LogP contribution is -2.19. The highest BCUT2D eigenvalue weighted by atomic mass is 32.2. The number of carbonyl (C=O) groups is 1. The molecule has 0 amide bonds. The number of hydrogen-bond donors (Lipinski definition) is 2. The van der Waals surface area contributed by atoms with E-state index in [-0.39, 0.29) is 16.4 Å². The van der Waals surface area contributed by atoms with E-state index in [0.29, 0.717) is 0 Å². The molecule has 0 spiro atoms. The van der Waals surface area contributed by atoms with Gasteiger partial charge in [0, 0.05) is 0 Å². The fourth-order valence-corrected chi connectivity index (χ4v) is 0.978. The van der Waals surface area contributed by atoms with Crippen molar-refractivity contribution in [2.45, 2.75) is 12.2 Å². The molecule has 5 heteroatoms. The molecule has 0 aliphatic carbocycles. The maximum absolute atomic E-state index is 10.7. The van der Waals surface area contributed by atoms with Gasteiger partial charge in [-0.2, -0.15) is 0 Å². The summed E-state index contributed by atoms with van der Waals surface area (Å²) in [6.07, 6.45) is 0. The molecule has 0 radical (unpaired) electrons. The minimum atomic E-state index is -0.387. The summed E-state index contributed by atoms with van der Waals surface area (Å²) in [6, 6.07) is 0. The van der Waals surface area contributed by atoms with Gasteiger partial charge in [-0.25, -0.2) is 0 Å². The van der Waals surface area contributed by atoms with Crippen LogP contribution in [0.15, 0.2) is 0 Å². The Morgan fingerprint density at radius 1 is 1.80 bits per heavy atom. The van der Waals surface area contributed by atoms with Gasteiger partial charge in [0.15, 0.2) is 5.17 Å². The highest BCUT2D eigenvalue weighted by molar-refractivity contribution is 8.14. The van der Waals surface area contributed by atoms with Gasteiger partial charge < -0.3 is 10.5 Å². The molecular weight excluding hydrogens is 152 g/mol. The summed E-state index contributed by atoms with van der Waals surface area (Å²) in [7, 11) is 1.31. The Morgan fingerprint density at radius 2 is 2.30 bits per heavy atom. The topological polar surface area (TPSA) is 76.2 Å². The molecule has 10 heavy (non-hydrogen) atoms. The molecular formula is C5H10N2O2S. The normalized spacial score (nSPS) is 12.2. The lowest BCUT2D eigenvalue weighted by Gasteiger charge is -2.05. The van der Waals surface area contributed by atoms with Crippen LogP contribution in [-0.4, -0.2) is 23.5 Å². The molecule has 0 aliphatic heterocycles. The Labute approximate surface area is 63.6 Å². The Hall–Kier alpha value is -0.710. The van der Waals surface area contributed by atoms with Crippen LogP contribution < -0.4 is 5.73 Å². The summed E-state index contributed by atoms with van der Waals surface area (Å²) in [6.45, 7) is 1.64. The minimum Gasteiger partial charge on any atom is -0.468 e. The number of carbonyl (C=O) groups excluding carboxylic acids is 1. The van der Waals surface area contributed by atoms with Crippen LogP contribution in [0.4, 0.5) is 0 Å². The molecule has 1 atom stereocenters. The molecule has 58 valence electrons. The van der Waals surface area contributed by atoms with E-state index in [0.717, 1.165) is 11.8 Å². The van der Waals surface area contributed by atoms with Gasteiger partial charge in [0.05, 0.1) is 7.11 Å². The molecule has 0 fully saturated rings. The Kier molecular flexibility index (Phi) is 3.87. The standard InChI is InChI=1S/C5H10N2O2S/c1-3(4(8)9-2)10-5(6)7/h3H,1-2H3,(H3,6,7). The average molecular weight is 162 g/mol. The third-order valence-electron chi connectivity index (χ3n) is 0.837. The van der Waals surface area contributed by atoms with Gasteiger partial charge in [-0.3, -0.25) is 10.2 Å². The van der Waals surface area contributed by atoms with Crippen LogP contribution in [0.25, 0.3) is 0 Å². The van der Waals surface area contributed by atoms with Crippen molar-refractivity contribution in [3.63, 3.8) is 0 Å². The minimum absolute atomic E-state index is 0.0714. The van der Waals surface area contributed by atoms with Crippen LogP contribution in [0.5, 0.6) is 0 Å². The highest BCUT2D eigenvalue weighted by Gasteiger charge is 2.13. The van der Waals surface area contributed by atoms with Gasteiger partial charge in [-0.1, -0.05) is 11.8 Å². The Bertz CT molecular complexity index is 149. The number of amidine groups is 1. The second-order valence-electron chi connectivity index (χ2n) is 1.65. The molecule has 0 bridgehead atoms. The molecule has 0 saturated heterocycles. The Balaban J connectivity index is 3.72. The van der Waals surface area contributed by atoms with Crippen molar-refractivity contribution in [2.24, 2.45) is 5.73 Å². The van der Waals surface area contributed by atoms with E-state index in [1.54, 1.807) is 6.92 Å². The number of methoxy groups -OCH3 is 1. The fourth-order valence-electron chi connectivity index (χ4n) is 0.405. The van der Waals surface area contributed by atoms with Crippen LogP contribution in [0.3, 0.4) is 0 Å². The third-order valence-corrected chi connectivity index (χ3v) is 1.64. The molecule has 0 rings (SSSR count). The second kappa shape index (κ2) is 4.16. The maximum Gasteiger partial charge on any atom is 0.318 e. The van der Waals surface area contributed by atoms with Crippen LogP contribution in [0.2, 0.25) is 0 Å². The molecule has 1 unspecified atom stereocenters. The fraction of sp³-hybridized carbons (Fsp3) is 0.600. The number of nitrogens with two attached hydrogens (primary N) is 1. The van der Waals surface area contributed by atoms with Crippen molar-refractivity contribution in [2.75, 3.05) is 7.11 Å². The lowest BCUT2D eigenvalue weighted by molar-refractivity contribution is -0.139. The van der Waals surface area contributed by atoms with Gasteiger partial charge in [-0.05, 0) is 6.92 Å². The molecule has 0 aromatic heterocycles. The predicted octanol–water partition coefficient (Wildman–Crippen LogP) is 0.175. The first-order valence-electron chi connectivity index (χ1n) is 2.66. The molecule has 3 N–H and O–H groups in total. The Morgan fingerprint density at radius 3 is 2.60 bits per heavy atom. The average Bonchev–Trinajstić information content (AvgIpc) is 1.85. The number of nitrogens with one attached hydrogen (secondary N) is 1.